The number of aromatic nitrogens is 1. The van der Waals surface area contributed by atoms with E-state index in [2.05, 4.69) is 15.2 Å². The van der Waals surface area contributed by atoms with Crippen molar-refractivity contribution >= 4 is 23.5 Å². The molecule has 1 aliphatic heterocycles. The number of rotatable bonds is 6. The molecule has 0 radical (unpaired) electrons. The fraction of sp³-hybridized carbons (Fsp3) is 0.429. The maximum absolute atomic E-state index is 13.8. The third-order valence-corrected chi connectivity index (χ3v) is 5.66. The van der Waals surface area contributed by atoms with E-state index < -0.39 is 23.5 Å². The second-order valence-corrected chi connectivity index (χ2v) is 8.26. The fourth-order valence-corrected chi connectivity index (χ4v) is 4.10. The Hall–Kier alpha value is -2.33. The number of hydrogen-bond donors (Lipinski definition) is 1. The number of carbonyl (C=O) groups is 1. The number of thioether (sulfide) groups is 1. The summed E-state index contributed by atoms with van der Waals surface area (Å²) in [6.45, 7) is 6.33. The van der Waals surface area contributed by atoms with Gasteiger partial charge in [-0.2, -0.15) is 13.2 Å². The molecule has 0 atom stereocenters. The van der Waals surface area contributed by atoms with Gasteiger partial charge in [0, 0.05) is 19.6 Å². The Bertz CT molecular complexity index is 947. The van der Waals surface area contributed by atoms with Crippen molar-refractivity contribution in [2.45, 2.75) is 31.6 Å². The molecule has 2 heterocycles. The summed E-state index contributed by atoms with van der Waals surface area (Å²) in [5, 5.41) is 3.25. The molecule has 168 valence electrons. The minimum atomic E-state index is -4.76. The van der Waals surface area contributed by atoms with Crippen molar-refractivity contribution in [1.29, 1.82) is 0 Å². The molecule has 1 aromatic carbocycles. The van der Waals surface area contributed by atoms with E-state index in [1.807, 2.05) is 19.9 Å². The van der Waals surface area contributed by atoms with Gasteiger partial charge in [0.2, 0.25) is 0 Å². The summed E-state index contributed by atoms with van der Waals surface area (Å²) < 4.78 is 57.3. The summed E-state index contributed by atoms with van der Waals surface area (Å²) in [5.41, 5.74) is 0.0573. The SMILES string of the molecule is CCSc1nc(N2CCOCC2)cc(C)c1C(=O)NCc1ccc(C(F)(F)F)c(F)c1. The van der Waals surface area contributed by atoms with E-state index in [1.165, 1.54) is 11.8 Å². The molecule has 1 aliphatic rings. The van der Waals surface area contributed by atoms with Gasteiger partial charge < -0.3 is 15.0 Å². The number of carbonyl (C=O) groups excluding carboxylic acids is 1. The number of benzene rings is 1. The zero-order valence-corrected chi connectivity index (χ0v) is 18.0. The predicted molar refractivity (Wildman–Crippen MR) is 111 cm³/mol. The van der Waals surface area contributed by atoms with Crippen molar-refractivity contribution in [2.75, 3.05) is 37.0 Å². The Kier molecular flexibility index (Phi) is 7.42. The summed E-state index contributed by atoms with van der Waals surface area (Å²) in [6.07, 6.45) is -4.76. The molecule has 0 bridgehead atoms. The highest BCUT2D eigenvalue weighted by Crippen LogP contribution is 2.32. The first-order valence-electron chi connectivity index (χ1n) is 9.81. The minimum Gasteiger partial charge on any atom is -0.378 e. The van der Waals surface area contributed by atoms with Crippen LogP contribution in [0.4, 0.5) is 23.4 Å². The number of pyridine rings is 1. The van der Waals surface area contributed by atoms with E-state index in [9.17, 15) is 22.4 Å². The number of nitrogens with zero attached hydrogens (tertiary/aromatic N) is 2. The van der Waals surface area contributed by atoms with E-state index in [0.29, 0.717) is 48.7 Å². The van der Waals surface area contributed by atoms with Gasteiger partial charge in [-0.15, -0.1) is 11.8 Å². The van der Waals surface area contributed by atoms with Gasteiger partial charge in [-0.05, 0) is 42.0 Å². The Labute approximate surface area is 182 Å². The zero-order valence-electron chi connectivity index (χ0n) is 17.2. The topological polar surface area (TPSA) is 54.5 Å². The van der Waals surface area contributed by atoms with E-state index >= 15 is 0 Å². The standard InChI is InChI=1S/C21H23F4N3O2S/c1-3-31-20-18(13(2)10-17(27-20)28-6-8-30-9-7-28)19(29)26-12-14-4-5-15(16(22)11-14)21(23,24)25/h4-5,10-11H,3,6-9,12H2,1-2H3,(H,26,29). The molecular weight excluding hydrogens is 434 g/mol. The maximum Gasteiger partial charge on any atom is 0.419 e. The molecule has 10 heteroatoms. The second kappa shape index (κ2) is 9.86. The monoisotopic (exact) mass is 457 g/mol. The van der Waals surface area contributed by atoms with Crippen LogP contribution < -0.4 is 10.2 Å². The van der Waals surface area contributed by atoms with Crippen LogP contribution in [-0.2, 0) is 17.5 Å². The zero-order chi connectivity index (χ0) is 22.6. The first kappa shape index (κ1) is 23.3. The van der Waals surface area contributed by atoms with E-state index in [1.54, 1.807) is 0 Å². The van der Waals surface area contributed by atoms with Crippen LogP contribution in [0.2, 0.25) is 0 Å². The molecule has 0 aliphatic carbocycles. The first-order chi connectivity index (χ1) is 14.7. The van der Waals surface area contributed by atoms with E-state index in [4.69, 9.17) is 4.74 Å². The second-order valence-electron chi connectivity index (χ2n) is 7.00. The third-order valence-electron chi connectivity index (χ3n) is 4.81. The van der Waals surface area contributed by atoms with Crippen LogP contribution in [0.3, 0.4) is 0 Å². The minimum absolute atomic E-state index is 0.102. The number of anilines is 1. The number of halogens is 4. The molecular formula is C21H23F4N3O2S. The predicted octanol–water partition coefficient (Wildman–Crippen LogP) is 4.43. The van der Waals surface area contributed by atoms with Crippen molar-refractivity contribution in [1.82, 2.24) is 10.3 Å². The molecule has 31 heavy (non-hydrogen) atoms. The number of nitrogens with one attached hydrogen (secondary N) is 1. The van der Waals surface area contributed by atoms with E-state index in [-0.39, 0.29) is 12.1 Å². The number of ether oxygens (including phenoxy) is 1. The van der Waals surface area contributed by atoms with Crippen LogP contribution in [0.5, 0.6) is 0 Å². The van der Waals surface area contributed by atoms with Gasteiger partial charge in [0.15, 0.2) is 0 Å². The maximum atomic E-state index is 13.8. The number of amides is 1. The smallest absolute Gasteiger partial charge is 0.378 e. The van der Waals surface area contributed by atoms with Crippen LogP contribution in [0.1, 0.15) is 34.0 Å². The number of alkyl halides is 3. The molecule has 3 rings (SSSR count). The van der Waals surface area contributed by atoms with Crippen molar-refractivity contribution in [2.24, 2.45) is 0 Å². The lowest BCUT2D eigenvalue weighted by Gasteiger charge is -2.28. The molecule has 1 saturated heterocycles. The highest BCUT2D eigenvalue weighted by molar-refractivity contribution is 7.99. The summed E-state index contributed by atoms with van der Waals surface area (Å²) in [6, 6.07) is 4.47. The van der Waals surface area contributed by atoms with Crippen molar-refractivity contribution in [3.8, 4) is 0 Å². The van der Waals surface area contributed by atoms with Gasteiger partial charge >= 0.3 is 6.18 Å². The largest absolute Gasteiger partial charge is 0.419 e. The van der Waals surface area contributed by atoms with Gasteiger partial charge in [-0.3, -0.25) is 4.79 Å². The van der Waals surface area contributed by atoms with Crippen LogP contribution in [-0.4, -0.2) is 42.9 Å². The van der Waals surface area contributed by atoms with Crippen LogP contribution >= 0.6 is 11.8 Å². The van der Waals surface area contributed by atoms with Crippen molar-refractivity contribution in [3.63, 3.8) is 0 Å². The molecule has 1 amide bonds. The van der Waals surface area contributed by atoms with E-state index in [0.717, 1.165) is 23.5 Å². The van der Waals surface area contributed by atoms with Gasteiger partial charge in [0.1, 0.15) is 16.7 Å². The lowest BCUT2D eigenvalue weighted by Crippen LogP contribution is -2.37. The quantitative estimate of drug-likeness (QED) is 0.514. The van der Waals surface area contributed by atoms with Crippen molar-refractivity contribution in [3.05, 3.63) is 52.3 Å². The van der Waals surface area contributed by atoms with Gasteiger partial charge in [0.25, 0.3) is 5.91 Å². The molecule has 0 spiro atoms. The van der Waals surface area contributed by atoms with Gasteiger partial charge in [0.05, 0.1) is 24.3 Å². The highest BCUT2D eigenvalue weighted by Gasteiger charge is 2.33. The molecule has 0 saturated carbocycles. The Morgan fingerprint density at radius 1 is 1.26 bits per heavy atom. The molecule has 5 nitrogen and oxygen atoms in total. The molecule has 0 unspecified atom stereocenters. The van der Waals surface area contributed by atoms with Gasteiger partial charge in [-0.25, -0.2) is 9.37 Å². The molecule has 1 N–H and O–H groups in total. The Morgan fingerprint density at radius 3 is 2.58 bits per heavy atom. The summed E-state index contributed by atoms with van der Waals surface area (Å²) in [5.74, 6) is -0.286. The average molecular weight is 457 g/mol. The van der Waals surface area contributed by atoms with Crippen molar-refractivity contribution < 1.29 is 27.1 Å². The van der Waals surface area contributed by atoms with Crippen LogP contribution in [0, 0.1) is 12.7 Å². The summed E-state index contributed by atoms with van der Waals surface area (Å²) >= 11 is 1.44. The lowest BCUT2D eigenvalue weighted by atomic mass is 10.1. The Morgan fingerprint density at radius 2 is 1.97 bits per heavy atom. The number of aryl methyl sites for hydroxylation is 1. The fourth-order valence-electron chi connectivity index (χ4n) is 3.27. The highest BCUT2D eigenvalue weighted by atomic mass is 32.2. The van der Waals surface area contributed by atoms with Crippen LogP contribution in [0.25, 0.3) is 0 Å². The third kappa shape index (κ3) is 5.68. The lowest BCUT2D eigenvalue weighted by molar-refractivity contribution is -0.140. The normalized spacial score (nSPS) is 14.6. The first-order valence-corrected chi connectivity index (χ1v) is 10.8. The molecule has 1 aromatic heterocycles. The molecule has 2 aromatic rings. The summed E-state index contributed by atoms with van der Waals surface area (Å²) in [7, 11) is 0. The summed E-state index contributed by atoms with van der Waals surface area (Å²) in [4.78, 5) is 19.6. The number of morpholine rings is 1. The molecule has 1 fully saturated rings. The van der Waals surface area contributed by atoms with Gasteiger partial charge in [-0.1, -0.05) is 13.0 Å². The Balaban J connectivity index is 1.78. The van der Waals surface area contributed by atoms with Crippen LogP contribution in [0.15, 0.2) is 29.3 Å². The number of hydrogen-bond acceptors (Lipinski definition) is 5. The average Bonchev–Trinajstić information content (AvgIpc) is 2.72.